The lowest BCUT2D eigenvalue weighted by molar-refractivity contribution is 0.423. The first-order valence-electron chi connectivity index (χ1n) is 3.42. The van der Waals surface area contributed by atoms with Crippen molar-refractivity contribution in [2.24, 2.45) is 0 Å². The summed E-state index contributed by atoms with van der Waals surface area (Å²) in [6, 6.07) is 0. The molecule has 0 bridgehead atoms. The smallest absolute Gasteiger partial charge is 0.424 e. The van der Waals surface area contributed by atoms with E-state index in [9.17, 15) is 0 Å². The van der Waals surface area contributed by atoms with E-state index in [2.05, 4.69) is 0 Å². The standard InChI is InChI=1S/C6H11BO2S/c8-7(9)5-6-1-3-10-4-2-6/h5,8-9H,1-4H2. The molecule has 0 aromatic carbocycles. The minimum Gasteiger partial charge on any atom is -0.424 e. The third kappa shape index (κ3) is 2.77. The second-order valence-electron chi connectivity index (χ2n) is 2.35. The van der Waals surface area contributed by atoms with Gasteiger partial charge in [-0.1, -0.05) is 11.5 Å². The second kappa shape index (κ2) is 4.06. The van der Waals surface area contributed by atoms with Crippen molar-refractivity contribution in [2.75, 3.05) is 11.5 Å². The molecule has 0 aliphatic carbocycles. The molecule has 2 N–H and O–H groups in total. The van der Waals surface area contributed by atoms with Crippen LogP contribution in [0.3, 0.4) is 0 Å². The van der Waals surface area contributed by atoms with Crippen LogP contribution in [0.1, 0.15) is 12.8 Å². The van der Waals surface area contributed by atoms with Crippen molar-refractivity contribution in [3.05, 3.63) is 11.5 Å². The van der Waals surface area contributed by atoms with E-state index in [4.69, 9.17) is 10.0 Å². The molecule has 1 aliphatic rings. The first kappa shape index (κ1) is 8.17. The topological polar surface area (TPSA) is 40.5 Å². The van der Waals surface area contributed by atoms with Gasteiger partial charge in [-0.05, 0) is 24.3 Å². The van der Waals surface area contributed by atoms with Gasteiger partial charge in [-0.25, -0.2) is 0 Å². The molecule has 0 amide bonds. The van der Waals surface area contributed by atoms with Crippen molar-refractivity contribution in [3.63, 3.8) is 0 Å². The normalized spacial score (nSPS) is 18.8. The molecule has 0 spiro atoms. The molecule has 1 rings (SSSR count). The molecule has 0 atom stereocenters. The van der Waals surface area contributed by atoms with Crippen LogP contribution in [0.4, 0.5) is 0 Å². The van der Waals surface area contributed by atoms with E-state index in [1.54, 1.807) is 5.98 Å². The Morgan fingerprint density at radius 3 is 2.40 bits per heavy atom. The van der Waals surface area contributed by atoms with Gasteiger partial charge in [0.1, 0.15) is 0 Å². The molecule has 0 aromatic heterocycles. The molecule has 4 heteroatoms. The molecule has 2 nitrogen and oxygen atoms in total. The van der Waals surface area contributed by atoms with Crippen LogP contribution in [-0.4, -0.2) is 28.7 Å². The lowest BCUT2D eigenvalue weighted by atomic mass is 9.87. The highest BCUT2D eigenvalue weighted by Gasteiger charge is 2.08. The van der Waals surface area contributed by atoms with Crippen LogP contribution < -0.4 is 0 Å². The average Bonchev–Trinajstić information content (AvgIpc) is 1.88. The highest BCUT2D eigenvalue weighted by Crippen LogP contribution is 2.21. The summed E-state index contributed by atoms with van der Waals surface area (Å²) in [4.78, 5) is 0. The Kier molecular flexibility index (Phi) is 3.32. The van der Waals surface area contributed by atoms with E-state index in [0.29, 0.717) is 0 Å². The van der Waals surface area contributed by atoms with Gasteiger partial charge in [-0.15, -0.1) is 0 Å². The average molecular weight is 158 g/mol. The van der Waals surface area contributed by atoms with E-state index in [0.717, 1.165) is 24.3 Å². The zero-order valence-corrected chi connectivity index (χ0v) is 6.60. The summed E-state index contributed by atoms with van der Waals surface area (Å²) in [5, 5.41) is 17.2. The maximum atomic E-state index is 8.58. The predicted molar refractivity (Wildman–Crippen MR) is 44.8 cm³/mol. The maximum Gasteiger partial charge on any atom is 0.480 e. The highest BCUT2D eigenvalue weighted by molar-refractivity contribution is 7.99. The maximum absolute atomic E-state index is 8.58. The minimum absolute atomic E-state index is 1.02. The minimum atomic E-state index is -1.25. The van der Waals surface area contributed by atoms with Crippen LogP contribution in [0.5, 0.6) is 0 Å². The Morgan fingerprint density at radius 2 is 1.90 bits per heavy atom. The van der Waals surface area contributed by atoms with Crippen molar-refractivity contribution in [2.45, 2.75) is 12.8 Å². The fourth-order valence-electron chi connectivity index (χ4n) is 1.01. The molecule has 1 saturated heterocycles. The Morgan fingerprint density at radius 1 is 1.30 bits per heavy atom. The number of thioether (sulfide) groups is 1. The zero-order chi connectivity index (χ0) is 7.40. The third-order valence-corrected chi connectivity index (χ3v) is 2.51. The van der Waals surface area contributed by atoms with Crippen LogP contribution >= 0.6 is 11.8 Å². The summed E-state index contributed by atoms with van der Waals surface area (Å²) in [6.45, 7) is 0. The largest absolute Gasteiger partial charge is 0.480 e. The van der Waals surface area contributed by atoms with Gasteiger partial charge in [0.25, 0.3) is 0 Å². The Balaban J connectivity index is 2.37. The number of rotatable bonds is 1. The fraction of sp³-hybridized carbons (Fsp3) is 0.667. The summed E-state index contributed by atoms with van der Waals surface area (Å²) in [5.41, 5.74) is 1.19. The predicted octanol–water partition coefficient (Wildman–Crippen LogP) is 0.452. The number of allylic oxidation sites excluding steroid dienone is 1. The Hall–Kier alpha value is 0.0749. The van der Waals surface area contributed by atoms with Crippen LogP contribution in [0.2, 0.25) is 0 Å². The van der Waals surface area contributed by atoms with Crippen molar-refractivity contribution >= 4 is 18.9 Å². The lowest BCUT2D eigenvalue weighted by Crippen LogP contribution is -2.10. The van der Waals surface area contributed by atoms with Gasteiger partial charge in [0, 0.05) is 0 Å². The molecule has 56 valence electrons. The zero-order valence-electron chi connectivity index (χ0n) is 5.79. The molecule has 0 radical (unpaired) electrons. The summed E-state index contributed by atoms with van der Waals surface area (Å²) in [5.74, 6) is 3.79. The number of hydrogen-bond donors (Lipinski definition) is 2. The van der Waals surface area contributed by atoms with E-state index >= 15 is 0 Å². The molecule has 1 heterocycles. The first-order chi connectivity index (χ1) is 4.79. The Bertz CT molecular complexity index is 128. The van der Waals surface area contributed by atoms with Gasteiger partial charge in [-0.3, -0.25) is 0 Å². The monoisotopic (exact) mass is 158 g/mol. The van der Waals surface area contributed by atoms with Gasteiger partial charge in [-0.2, -0.15) is 11.8 Å². The van der Waals surface area contributed by atoms with Gasteiger partial charge in [0.05, 0.1) is 0 Å². The van der Waals surface area contributed by atoms with Gasteiger partial charge in [0.2, 0.25) is 0 Å². The van der Waals surface area contributed by atoms with Gasteiger partial charge < -0.3 is 10.0 Å². The summed E-state index contributed by atoms with van der Waals surface area (Å²) in [7, 11) is -1.25. The van der Waals surface area contributed by atoms with Crippen molar-refractivity contribution in [3.8, 4) is 0 Å². The van der Waals surface area contributed by atoms with Crippen molar-refractivity contribution < 1.29 is 10.0 Å². The molecular weight excluding hydrogens is 147 g/mol. The molecule has 0 unspecified atom stereocenters. The quantitative estimate of drug-likeness (QED) is 0.544. The van der Waals surface area contributed by atoms with Crippen LogP contribution in [0.15, 0.2) is 11.5 Å². The Labute approximate surface area is 65.5 Å². The van der Waals surface area contributed by atoms with E-state index in [1.807, 2.05) is 11.8 Å². The fourth-order valence-corrected chi connectivity index (χ4v) is 2.03. The summed E-state index contributed by atoms with van der Waals surface area (Å²) >= 11 is 1.92. The summed E-state index contributed by atoms with van der Waals surface area (Å²) < 4.78 is 0. The SMILES string of the molecule is OB(O)C=C1CCSCC1. The van der Waals surface area contributed by atoms with E-state index < -0.39 is 7.12 Å². The molecule has 10 heavy (non-hydrogen) atoms. The molecule has 0 aromatic rings. The van der Waals surface area contributed by atoms with Crippen molar-refractivity contribution in [1.29, 1.82) is 0 Å². The first-order valence-corrected chi connectivity index (χ1v) is 4.58. The summed E-state index contributed by atoms with van der Waals surface area (Å²) in [6.07, 6.45) is 2.03. The van der Waals surface area contributed by atoms with Crippen LogP contribution in [0, 0.1) is 0 Å². The van der Waals surface area contributed by atoms with E-state index in [-0.39, 0.29) is 0 Å². The number of hydrogen-bond acceptors (Lipinski definition) is 3. The van der Waals surface area contributed by atoms with Crippen LogP contribution in [-0.2, 0) is 0 Å². The molecule has 1 fully saturated rings. The molecular formula is C6H11BO2S. The van der Waals surface area contributed by atoms with Gasteiger partial charge in [0.15, 0.2) is 0 Å². The lowest BCUT2D eigenvalue weighted by Gasteiger charge is -2.12. The van der Waals surface area contributed by atoms with Crippen LogP contribution in [0.25, 0.3) is 0 Å². The molecule has 1 aliphatic heterocycles. The van der Waals surface area contributed by atoms with Gasteiger partial charge >= 0.3 is 7.12 Å². The third-order valence-electron chi connectivity index (χ3n) is 1.52. The highest BCUT2D eigenvalue weighted by atomic mass is 32.2. The molecule has 0 saturated carbocycles. The van der Waals surface area contributed by atoms with E-state index in [1.165, 1.54) is 5.57 Å². The van der Waals surface area contributed by atoms with Crippen molar-refractivity contribution in [1.82, 2.24) is 0 Å². The second-order valence-corrected chi connectivity index (χ2v) is 3.58.